The fourth-order valence-corrected chi connectivity index (χ4v) is 0.555. The van der Waals surface area contributed by atoms with E-state index in [1.54, 1.807) is 12.1 Å². The minimum atomic E-state index is 0.646. The smallest absolute Gasteiger partial charge is 0.211 e. The first kappa shape index (κ1) is 9.60. The van der Waals surface area contributed by atoms with E-state index in [9.17, 15) is 4.79 Å². The molecular weight excluding hydrogens is 138 g/mol. The van der Waals surface area contributed by atoms with E-state index in [0.29, 0.717) is 5.69 Å². The Labute approximate surface area is 66.6 Å². The molecule has 0 heterocycles. The summed E-state index contributed by atoms with van der Waals surface area (Å²) in [5.41, 5.74) is 0.646. The largest absolute Gasteiger partial charge is 0.240 e. The molecule has 0 aliphatic carbocycles. The monoisotopic (exact) mass is 149 g/mol. The van der Waals surface area contributed by atoms with Crippen molar-refractivity contribution in [3.63, 3.8) is 0 Å². The predicted octanol–water partition coefficient (Wildman–Crippen LogP) is 2.68. The zero-order valence-corrected chi connectivity index (χ0v) is 6.74. The van der Waals surface area contributed by atoms with Gasteiger partial charge in [-0.25, -0.2) is 4.79 Å². The maximum absolute atomic E-state index is 9.68. The normalized spacial score (nSPS) is 7.09. The van der Waals surface area contributed by atoms with E-state index in [0.717, 1.165) is 0 Å². The number of nitrogens with zero attached hydrogens (tertiary/aromatic N) is 1. The molecule has 0 fully saturated rings. The summed E-state index contributed by atoms with van der Waals surface area (Å²) in [7, 11) is 0. The van der Waals surface area contributed by atoms with Crippen molar-refractivity contribution in [2.75, 3.05) is 0 Å². The fourth-order valence-electron chi connectivity index (χ4n) is 0.555. The summed E-state index contributed by atoms with van der Waals surface area (Å²) >= 11 is 0. The Morgan fingerprint density at radius 3 is 2.18 bits per heavy atom. The third-order valence-electron chi connectivity index (χ3n) is 0.931. The molecule has 0 aromatic heterocycles. The molecule has 0 saturated carbocycles. The van der Waals surface area contributed by atoms with Gasteiger partial charge in [0.25, 0.3) is 0 Å². The van der Waals surface area contributed by atoms with E-state index in [-0.39, 0.29) is 0 Å². The number of aliphatic imine (C=N–C) groups is 1. The van der Waals surface area contributed by atoms with E-state index in [2.05, 4.69) is 4.99 Å². The van der Waals surface area contributed by atoms with Crippen LogP contribution in [0.2, 0.25) is 0 Å². The van der Waals surface area contributed by atoms with Crippen LogP contribution >= 0.6 is 0 Å². The topological polar surface area (TPSA) is 29.4 Å². The van der Waals surface area contributed by atoms with Crippen molar-refractivity contribution in [3.05, 3.63) is 30.3 Å². The van der Waals surface area contributed by atoms with Crippen LogP contribution in [-0.4, -0.2) is 6.08 Å². The van der Waals surface area contributed by atoms with Crippen molar-refractivity contribution in [2.24, 2.45) is 4.99 Å². The summed E-state index contributed by atoms with van der Waals surface area (Å²) in [6, 6.07) is 8.98. The van der Waals surface area contributed by atoms with Gasteiger partial charge in [0, 0.05) is 0 Å². The fraction of sp³-hybridized carbons (Fsp3) is 0.222. The maximum atomic E-state index is 9.68. The molecule has 0 atom stereocenters. The van der Waals surface area contributed by atoms with Crippen molar-refractivity contribution in [1.82, 2.24) is 0 Å². The van der Waals surface area contributed by atoms with Gasteiger partial charge in [0.05, 0.1) is 5.69 Å². The molecule has 58 valence electrons. The Bertz CT molecular complexity index is 225. The second kappa shape index (κ2) is 6.72. The quantitative estimate of drug-likeness (QED) is 0.446. The molecule has 0 amide bonds. The highest BCUT2D eigenvalue weighted by atomic mass is 16.1. The van der Waals surface area contributed by atoms with Crippen molar-refractivity contribution in [1.29, 1.82) is 0 Å². The van der Waals surface area contributed by atoms with Crippen LogP contribution in [-0.2, 0) is 4.79 Å². The molecule has 0 aliphatic rings. The average molecular weight is 149 g/mol. The average Bonchev–Trinajstić information content (AvgIpc) is 2.11. The van der Waals surface area contributed by atoms with Gasteiger partial charge >= 0.3 is 0 Å². The second-order valence-corrected chi connectivity index (χ2v) is 1.54. The van der Waals surface area contributed by atoms with Crippen LogP contribution in [0.1, 0.15) is 13.8 Å². The lowest BCUT2D eigenvalue weighted by Gasteiger charge is -1.83. The van der Waals surface area contributed by atoms with Gasteiger partial charge in [-0.05, 0) is 12.1 Å². The number of para-hydroxylation sites is 1. The highest BCUT2D eigenvalue weighted by Gasteiger charge is 1.79. The van der Waals surface area contributed by atoms with Crippen LogP contribution in [0, 0.1) is 0 Å². The molecule has 11 heavy (non-hydrogen) atoms. The molecule has 0 radical (unpaired) electrons. The van der Waals surface area contributed by atoms with Crippen LogP contribution in [0.25, 0.3) is 0 Å². The molecular formula is C9H11NO. The van der Waals surface area contributed by atoms with Crippen molar-refractivity contribution in [3.8, 4) is 0 Å². The molecule has 0 aliphatic heterocycles. The lowest BCUT2D eigenvalue weighted by molar-refractivity contribution is 0.565. The van der Waals surface area contributed by atoms with Gasteiger partial charge in [0.15, 0.2) is 0 Å². The van der Waals surface area contributed by atoms with Gasteiger partial charge in [-0.3, -0.25) is 0 Å². The van der Waals surface area contributed by atoms with Gasteiger partial charge in [-0.2, -0.15) is 4.99 Å². The molecule has 2 nitrogen and oxygen atoms in total. The Morgan fingerprint density at radius 2 is 1.73 bits per heavy atom. The molecule has 1 aromatic rings. The number of hydrogen-bond acceptors (Lipinski definition) is 2. The van der Waals surface area contributed by atoms with Crippen LogP contribution in [0.5, 0.6) is 0 Å². The number of rotatable bonds is 1. The third-order valence-corrected chi connectivity index (χ3v) is 0.931. The van der Waals surface area contributed by atoms with Gasteiger partial charge in [0.1, 0.15) is 0 Å². The summed E-state index contributed by atoms with van der Waals surface area (Å²) in [6.07, 6.45) is 1.46. The Morgan fingerprint density at radius 1 is 1.18 bits per heavy atom. The summed E-state index contributed by atoms with van der Waals surface area (Å²) in [6.45, 7) is 4.00. The van der Waals surface area contributed by atoms with E-state index in [4.69, 9.17) is 0 Å². The highest BCUT2D eigenvalue weighted by molar-refractivity contribution is 5.47. The van der Waals surface area contributed by atoms with Crippen LogP contribution in [0.4, 0.5) is 5.69 Å². The number of benzene rings is 1. The minimum absolute atomic E-state index is 0.646. The summed E-state index contributed by atoms with van der Waals surface area (Å²) < 4.78 is 0. The number of carbonyl (C=O) groups excluding carboxylic acids is 1. The SMILES string of the molecule is CC.O=C=Nc1ccccc1. The Kier molecular flexibility index (Phi) is 5.86. The summed E-state index contributed by atoms with van der Waals surface area (Å²) in [5.74, 6) is 0. The Balaban J connectivity index is 0.000000461. The first-order valence-corrected chi connectivity index (χ1v) is 3.56. The molecule has 0 saturated heterocycles. The van der Waals surface area contributed by atoms with E-state index in [1.165, 1.54) is 6.08 Å². The third kappa shape index (κ3) is 4.06. The number of hydrogen-bond donors (Lipinski definition) is 0. The summed E-state index contributed by atoms with van der Waals surface area (Å²) in [5, 5.41) is 0. The predicted molar refractivity (Wildman–Crippen MR) is 45.6 cm³/mol. The molecule has 2 heteroatoms. The minimum Gasteiger partial charge on any atom is -0.211 e. The molecule has 0 N–H and O–H groups in total. The highest BCUT2D eigenvalue weighted by Crippen LogP contribution is 2.06. The zero-order chi connectivity index (χ0) is 8.53. The van der Waals surface area contributed by atoms with Crippen LogP contribution < -0.4 is 0 Å². The van der Waals surface area contributed by atoms with E-state index in [1.807, 2.05) is 32.0 Å². The molecule has 1 rings (SSSR count). The first-order valence-electron chi connectivity index (χ1n) is 3.56. The lowest BCUT2D eigenvalue weighted by Crippen LogP contribution is -1.59. The van der Waals surface area contributed by atoms with Crippen molar-refractivity contribution >= 4 is 11.8 Å². The standard InChI is InChI=1S/C7H5NO.C2H6/c9-6-8-7-4-2-1-3-5-7;1-2/h1-5H;1-2H3. The van der Waals surface area contributed by atoms with Gasteiger partial charge in [0.2, 0.25) is 6.08 Å². The summed E-state index contributed by atoms with van der Waals surface area (Å²) in [4.78, 5) is 13.1. The van der Waals surface area contributed by atoms with Crippen molar-refractivity contribution in [2.45, 2.75) is 13.8 Å². The maximum Gasteiger partial charge on any atom is 0.240 e. The Hall–Kier alpha value is -1.40. The van der Waals surface area contributed by atoms with Gasteiger partial charge in [-0.15, -0.1) is 0 Å². The lowest BCUT2D eigenvalue weighted by atomic mass is 10.3. The molecule has 0 bridgehead atoms. The van der Waals surface area contributed by atoms with Crippen LogP contribution in [0.3, 0.4) is 0 Å². The molecule has 0 unspecified atom stereocenters. The molecule has 1 aromatic carbocycles. The second-order valence-electron chi connectivity index (χ2n) is 1.54. The van der Waals surface area contributed by atoms with E-state index < -0.39 is 0 Å². The first-order chi connectivity index (χ1) is 5.43. The van der Waals surface area contributed by atoms with Gasteiger partial charge in [-0.1, -0.05) is 32.0 Å². The number of isocyanates is 1. The molecule has 0 spiro atoms. The van der Waals surface area contributed by atoms with Gasteiger partial charge < -0.3 is 0 Å². The van der Waals surface area contributed by atoms with E-state index >= 15 is 0 Å². The zero-order valence-electron chi connectivity index (χ0n) is 6.74. The van der Waals surface area contributed by atoms with Crippen molar-refractivity contribution < 1.29 is 4.79 Å². The van der Waals surface area contributed by atoms with Crippen LogP contribution in [0.15, 0.2) is 35.3 Å².